The second-order valence-corrected chi connectivity index (χ2v) is 6.13. The molecule has 0 unspecified atom stereocenters. The highest BCUT2D eigenvalue weighted by Crippen LogP contribution is 2.08. The van der Waals surface area contributed by atoms with Crippen LogP contribution in [0.4, 0.5) is 0 Å². The van der Waals surface area contributed by atoms with Crippen molar-refractivity contribution >= 4 is 10.0 Å². The second kappa shape index (κ2) is 6.17. The van der Waals surface area contributed by atoms with Crippen LogP contribution in [-0.2, 0) is 30.0 Å². The van der Waals surface area contributed by atoms with Gasteiger partial charge < -0.3 is 9.88 Å². The summed E-state index contributed by atoms with van der Waals surface area (Å²) < 4.78 is 24.2. The Balaban J connectivity index is 1.81. The Kier molecular flexibility index (Phi) is 4.53. The molecule has 0 bridgehead atoms. The summed E-state index contributed by atoms with van der Waals surface area (Å²) in [6, 6.07) is 6.62. The normalized spacial score (nSPS) is 11.7. The maximum Gasteiger partial charge on any atom is 0.238 e. The summed E-state index contributed by atoms with van der Waals surface area (Å²) in [5.41, 5.74) is 1.06. The van der Waals surface area contributed by atoms with Gasteiger partial charge in [-0.25, -0.2) is 18.5 Å². The molecule has 1 aromatic carbocycles. The van der Waals surface area contributed by atoms with Gasteiger partial charge in [-0.05, 0) is 30.7 Å². The highest BCUT2D eigenvalue weighted by Gasteiger charge is 2.06. The predicted molar refractivity (Wildman–Crippen MR) is 76.4 cm³/mol. The maximum atomic E-state index is 11.1. The highest BCUT2D eigenvalue weighted by atomic mass is 32.2. The number of aryl methyl sites for hydroxylation is 1. The first kappa shape index (κ1) is 14.7. The zero-order chi connectivity index (χ0) is 14.6. The third-order valence-electron chi connectivity index (χ3n) is 3.05. The smallest absolute Gasteiger partial charge is 0.238 e. The van der Waals surface area contributed by atoms with E-state index in [9.17, 15) is 8.42 Å². The van der Waals surface area contributed by atoms with Gasteiger partial charge in [-0.1, -0.05) is 12.1 Å². The van der Waals surface area contributed by atoms with Crippen molar-refractivity contribution in [2.45, 2.75) is 17.9 Å². The summed E-state index contributed by atoms with van der Waals surface area (Å²) >= 11 is 0. The minimum absolute atomic E-state index is 0.141. The van der Waals surface area contributed by atoms with Crippen molar-refractivity contribution in [1.82, 2.24) is 14.9 Å². The third-order valence-corrected chi connectivity index (χ3v) is 3.98. The van der Waals surface area contributed by atoms with Crippen molar-refractivity contribution in [2.75, 3.05) is 6.54 Å². The topological polar surface area (TPSA) is 90.0 Å². The predicted octanol–water partition coefficient (Wildman–Crippen LogP) is 0.400. The molecule has 0 spiro atoms. The Morgan fingerprint density at radius 1 is 1.30 bits per heavy atom. The molecule has 0 atom stereocenters. The first-order chi connectivity index (χ1) is 9.47. The lowest BCUT2D eigenvalue weighted by atomic mass is 10.1. The van der Waals surface area contributed by atoms with Crippen molar-refractivity contribution < 1.29 is 8.42 Å². The molecule has 0 aliphatic heterocycles. The van der Waals surface area contributed by atoms with Crippen LogP contribution in [0.5, 0.6) is 0 Å². The fraction of sp³-hybridized carbons (Fsp3) is 0.308. The lowest BCUT2D eigenvalue weighted by Crippen LogP contribution is -2.19. The van der Waals surface area contributed by atoms with E-state index >= 15 is 0 Å². The number of imidazole rings is 1. The molecular formula is C13H18N4O2S. The van der Waals surface area contributed by atoms with Gasteiger partial charge in [0.1, 0.15) is 5.82 Å². The number of hydrogen-bond acceptors (Lipinski definition) is 4. The van der Waals surface area contributed by atoms with E-state index in [4.69, 9.17) is 5.14 Å². The fourth-order valence-corrected chi connectivity index (χ4v) is 2.36. The van der Waals surface area contributed by atoms with Gasteiger partial charge in [-0.15, -0.1) is 0 Å². The zero-order valence-electron chi connectivity index (χ0n) is 11.3. The molecule has 2 rings (SSSR count). The second-order valence-electron chi connectivity index (χ2n) is 4.57. The van der Waals surface area contributed by atoms with Crippen LogP contribution in [0.1, 0.15) is 11.4 Å². The van der Waals surface area contributed by atoms with Crippen LogP contribution < -0.4 is 10.5 Å². The molecule has 0 saturated carbocycles. The average molecular weight is 294 g/mol. The molecule has 0 aliphatic carbocycles. The molecule has 7 heteroatoms. The molecule has 0 amide bonds. The van der Waals surface area contributed by atoms with Crippen molar-refractivity contribution in [1.29, 1.82) is 0 Å². The van der Waals surface area contributed by atoms with E-state index in [-0.39, 0.29) is 4.90 Å². The number of nitrogens with zero attached hydrogens (tertiary/aromatic N) is 2. The number of nitrogens with two attached hydrogens (primary N) is 1. The van der Waals surface area contributed by atoms with E-state index in [1.165, 1.54) is 12.1 Å². The first-order valence-corrected chi connectivity index (χ1v) is 7.80. The minimum atomic E-state index is -3.61. The molecule has 1 heterocycles. The minimum Gasteiger partial charge on any atom is -0.337 e. The Morgan fingerprint density at radius 3 is 2.55 bits per heavy atom. The average Bonchev–Trinajstić information content (AvgIpc) is 2.80. The molecule has 20 heavy (non-hydrogen) atoms. The van der Waals surface area contributed by atoms with Gasteiger partial charge in [0.05, 0.1) is 11.4 Å². The number of benzene rings is 1. The Hall–Kier alpha value is -1.70. The molecule has 0 saturated heterocycles. The van der Waals surface area contributed by atoms with Crippen molar-refractivity contribution in [3.8, 4) is 0 Å². The van der Waals surface area contributed by atoms with E-state index in [1.807, 2.05) is 17.8 Å². The molecule has 0 aliphatic rings. The van der Waals surface area contributed by atoms with Gasteiger partial charge in [-0.2, -0.15) is 0 Å². The maximum absolute atomic E-state index is 11.1. The number of aromatic nitrogens is 2. The van der Waals surface area contributed by atoms with Gasteiger partial charge in [0.25, 0.3) is 0 Å². The van der Waals surface area contributed by atoms with Crippen molar-refractivity contribution in [2.24, 2.45) is 12.2 Å². The molecule has 0 radical (unpaired) electrons. The van der Waals surface area contributed by atoms with Crippen LogP contribution in [0.25, 0.3) is 0 Å². The van der Waals surface area contributed by atoms with Crippen LogP contribution in [0.2, 0.25) is 0 Å². The van der Waals surface area contributed by atoms with Crippen LogP contribution in [0, 0.1) is 0 Å². The largest absolute Gasteiger partial charge is 0.337 e. The summed E-state index contributed by atoms with van der Waals surface area (Å²) in [7, 11) is -1.65. The SMILES string of the molecule is Cn1ccnc1CNCCc1ccc(S(N)(=O)=O)cc1. The van der Waals surface area contributed by atoms with Crippen LogP contribution >= 0.6 is 0 Å². The van der Waals surface area contributed by atoms with Gasteiger partial charge in [0, 0.05) is 19.4 Å². The summed E-state index contributed by atoms with van der Waals surface area (Å²) in [6.07, 6.45) is 4.49. The van der Waals surface area contributed by atoms with Gasteiger partial charge >= 0.3 is 0 Å². The third kappa shape index (κ3) is 3.89. The van der Waals surface area contributed by atoms with Crippen LogP contribution in [-0.4, -0.2) is 24.5 Å². The van der Waals surface area contributed by atoms with E-state index in [0.29, 0.717) is 6.54 Å². The number of nitrogens with one attached hydrogen (secondary N) is 1. The van der Waals surface area contributed by atoms with E-state index in [2.05, 4.69) is 10.3 Å². The van der Waals surface area contributed by atoms with Gasteiger partial charge in [0.2, 0.25) is 10.0 Å². The van der Waals surface area contributed by atoms with Gasteiger partial charge in [0.15, 0.2) is 0 Å². The number of rotatable bonds is 6. The van der Waals surface area contributed by atoms with E-state index < -0.39 is 10.0 Å². The molecule has 108 valence electrons. The molecule has 2 aromatic rings. The fourth-order valence-electron chi connectivity index (χ4n) is 1.85. The molecular weight excluding hydrogens is 276 g/mol. The summed E-state index contributed by atoms with van der Waals surface area (Å²) in [6.45, 7) is 1.50. The molecule has 3 N–H and O–H groups in total. The van der Waals surface area contributed by atoms with Crippen molar-refractivity contribution in [3.63, 3.8) is 0 Å². The number of sulfonamides is 1. The van der Waals surface area contributed by atoms with Crippen LogP contribution in [0.3, 0.4) is 0 Å². The number of hydrogen-bond donors (Lipinski definition) is 2. The number of primary sulfonamides is 1. The zero-order valence-corrected chi connectivity index (χ0v) is 12.1. The Bertz CT molecular complexity index is 662. The Labute approximate surface area is 118 Å². The molecule has 1 aromatic heterocycles. The van der Waals surface area contributed by atoms with Crippen molar-refractivity contribution in [3.05, 3.63) is 48.0 Å². The summed E-state index contributed by atoms with van der Waals surface area (Å²) in [5.74, 6) is 0.981. The van der Waals surface area contributed by atoms with Gasteiger partial charge in [-0.3, -0.25) is 0 Å². The quantitative estimate of drug-likeness (QED) is 0.755. The standard InChI is InChI=1S/C13H18N4O2S/c1-17-9-8-16-13(17)10-15-7-6-11-2-4-12(5-3-11)20(14,18)19/h2-5,8-9,15H,6-7,10H2,1H3,(H2,14,18,19). The molecule has 6 nitrogen and oxygen atoms in total. The van der Waals surface area contributed by atoms with Crippen LogP contribution in [0.15, 0.2) is 41.6 Å². The lowest BCUT2D eigenvalue weighted by molar-refractivity contribution is 0.597. The molecule has 0 fully saturated rings. The van der Waals surface area contributed by atoms with E-state index in [0.717, 1.165) is 24.4 Å². The highest BCUT2D eigenvalue weighted by molar-refractivity contribution is 7.89. The lowest BCUT2D eigenvalue weighted by Gasteiger charge is -2.06. The first-order valence-electron chi connectivity index (χ1n) is 6.25. The summed E-state index contributed by atoms with van der Waals surface area (Å²) in [5, 5.41) is 8.34. The Morgan fingerprint density at radius 2 is 2.00 bits per heavy atom. The summed E-state index contributed by atoms with van der Waals surface area (Å²) in [4.78, 5) is 4.36. The monoisotopic (exact) mass is 294 g/mol. The van der Waals surface area contributed by atoms with E-state index in [1.54, 1.807) is 18.3 Å².